The number of thiophene rings is 1. The predicted molar refractivity (Wildman–Crippen MR) is 80.6 cm³/mol. The molecule has 0 fully saturated rings. The van der Waals surface area contributed by atoms with E-state index in [0.29, 0.717) is 5.03 Å². The number of thioether (sulfide) groups is 1. The molecular weight excluding hydrogens is 318 g/mol. The SMILES string of the molecule is Cc1sc2ncnc(SCC(=O)NS(C)(=O)=O)c2c1C. The molecule has 1 N–H and O–H groups in total. The van der Waals surface area contributed by atoms with Crippen molar-refractivity contribution in [1.82, 2.24) is 14.7 Å². The number of nitrogens with one attached hydrogen (secondary N) is 1. The number of fused-ring (bicyclic) bond motifs is 1. The fourth-order valence-corrected chi connectivity index (χ4v) is 4.12. The Hall–Kier alpha value is -1.19. The van der Waals surface area contributed by atoms with Crippen molar-refractivity contribution in [3.8, 4) is 0 Å². The van der Waals surface area contributed by atoms with Crippen molar-refractivity contribution in [2.75, 3.05) is 12.0 Å². The van der Waals surface area contributed by atoms with Gasteiger partial charge in [-0.1, -0.05) is 11.8 Å². The van der Waals surface area contributed by atoms with Crippen LogP contribution in [0.1, 0.15) is 10.4 Å². The largest absolute Gasteiger partial charge is 0.273 e. The molecule has 0 aliphatic heterocycles. The number of aromatic nitrogens is 2. The number of sulfonamides is 1. The topological polar surface area (TPSA) is 89.0 Å². The summed E-state index contributed by atoms with van der Waals surface area (Å²) in [6.07, 6.45) is 2.40. The van der Waals surface area contributed by atoms with E-state index < -0.39 is 15.9 Å². The first-order valence-electron chi connectivity index (χ1n) is 5.62. The van der Waals surface area contributed by atoms with Crippen LogP contribution in [0.25, 0.3) is 10.2 Å². The Morgan fingerprint density at radius 2 is 2.10 bits per heavy atom. The number of rotatable bonds is 4. The molecule has 0 atom stereocenters. The maximum Gasteiger partial charge on any atom is 0.243 e. The summed E-state index contributed by atoms with van der Waals surface area (Å²) in [4.78, 5) is 21.9. The van der Waals surface area contributed by atoms with Gasteiger partial charge in [0.2, 0.25) is 15.9 Å². The van der Waals surface area contributed by atoms with Gasteiger partial charge >= 0.3 is 0 Å². The van der Waals surface area contributed by atoms with Crippen LogP contribution in [-0.2, 0) is 14.8 Å². The highest BCUT2D eigenvalue weighted by Gasteiger charge is 2.14. The van der Waals surface area contributed by atoms with Crippen LogP contribution in [0.4, 0.5) is 0 Å². The summed E-state index contributed by atoms with van der Waals surface area (Å²) in [5.41, 5.74) is 1.09. The molecule has 1 amide bonds. The van der Waals surface area contributed by atoms with Gasteiger partial charge in [-0.3, -0.25) is 9.52 Å². The molecule has 0 spiro atoms. The third kappa shape index (κ3) is 3.47. The van der Waals surface area contributed by atoms with E-state index in [1.807, 2.05) is 18.6 Å². The molecule has 0 bridgehead atoms. The van der Waals surface area contributed by atoms with Gasteiger partial charge in [0.25, 0.3) is 0 Å². The van der Waals surface area contributed by atoms with Crippen LogP contribution in [0, 0.1) is 13.8 Å². The van der Waals surface area contributed by atoms with Crippen LogP contribution < -0.4 is 4.72 Å². The molecule has 2 aromatic heterocycles. The first-order chi connectivity index (χ1) is 9.28. The molecule has 108 valence electrons. The highest BCUT2D eigenvalue weighted by molar-refractivity contribution is 8.00. The molecule has 20 heavy (non-hydrogen) atoms. The summed E-state index contributed by atoms with van der Waals surface area (Å²) in [6.45, 7) is 3.99. The third-order valence-electron chi connectivity index (χ3n) is 2.57. The van der Waals surface area contributed by atoms with Crippen molar-refractivity contribution in [1.29, 1.82) is 0 Å². The van der Waals surface area contributed by atoms with Crippen molar-refractivity contribution in [3.05, 3.63) is 16.8 Å². The van der Waals surface area contributed by atoms with E-state index in [2.05, 4.69) is 9.97 Å². The maximum absolute atomic E-state index is 11.5. The molecule has 0 radical (unpaired) electrons. The Labute approximate surface area is 125 Å². The van der Waals surface area contributed by atoms with E-state index in [1.165, 1.54) is 18.1 Å². The highest BCUT2D eigenvalue weighted by atomic mass is 32.2. The highest BCUT2D eigenvalue weighted by Crippen LogP contribution is 2.34. The lowest BCUT2D eigenvalue weighted by Crippen LogP contribution is -2.30. The van der Waals surface area contributed by atoms with E-state index in [9.17, 15) is 13.2 Å². The molecular formula is C11H13N3O3S3. The lowest BCUT2D eigenvalue weighted by atomic mass is 10.2. The average molecular weight is 331 g/mol. The Morgan fingerprint density at radius 3 is 2.75 bits per heavy atom. The Morgan fingerprint density at radius 1 is 1.40 bits per heavy atom. The lowest BCUT2D eigenvalue weighted by molar-refractivity contribution is -0.116. The van der Waals surface area contributed by atoms with Crippen molar-refractivity contribution in [2.24, 2.45) is 0 Å². The second kappa shape index (κ2) is 5.66. The maximum atomic E-state index is 11.5. The molecule has 9 heteroatoms. The minimum atomic E-state index is -3.52. The summed E-state index contributed by atoms with van der Waals surface area (Å²) >= 11 is 2.78. The summed E-state index contributed by atoms with van der Waals surface area (Å²) in [5, 5.41) is 1.63. The van der Waals surface area contributed by atoms with Crippen molar-refractivity contribution in [3.63, 3.8) is 0 Å². The molecule has 0 saturated carbocycles. The molecule has 2 aromatic rings. The zero-order valence-corrected chi connectivity index (χ0v) is 13.6. The Balaban J connectivity index is 2.20. The van der Waals surface area contributed by atoms with Gasteiger partial charge < -0.3 is 0 Å². The van der Waals surface area contributed by atoms with E-state index in [4.69, 9.17) is 0 Å². The molecule has 2 rings (SSSR count). The second-order valence-electron chi connectivity index (χ2n) is 4.23. The van der Waals surface area contributed by atoms with Gasteiger partial charge in [0.1, 0.15) is 16.2 Å². The molecule has 0 aromatic carbocycles. The first kappa shape index (κ1) is 15.2. The van der Waals surface area contributed by atoms with Crippen LogP contribution in [0.3, 0.4) is 0 Å². The predicted octanol–water partition coefficient (Wildman–Crippen LogP) is 1.48. The number of carbonyl (C=O) groups is 1. The monoisotopic (exact) mass is 331 g/mol. The molecule has 0 aliphatic rings. The second-order valence-corrected chi connectivity index (χ2v) is 8.14. The standard InChI is InChI=1S/C11H13N3O3S3/c1-6-7(2)19-11-9(6)10(12-5-13-11)18-4-8(15)14-20(3,16)17/h5H,4H2,1-3H3,(H,14,15). The van der Waals surface area contributed by atoms with Gasteiger partial charge in [-0.25, -0.2) is 18.4 Å². The van der Waals surface area contributed by atoms with Crippen LogP contribution in [-0.4, -0.2) is 36.3 Å². The number of amides is 1. The third-order valence-corrected chi connectivity index (χ3v) is 5.27. The number of carbonyl (C=O) groups excluding carboxylic acids is 1. The van der Waals surface area contributed by atoms with E-state index >= 15 is 0 Å². The van der Waals surface area contributed by atoms with Crippen LogP contribution in [0.2, 0.25) is 0 Å². The van der Waals surface area contributed by atoms with Crippen molar-refractivity contribution < 1.29 is 13.2 Å². The van der Waals surface area contributed by atoms with Gasteiger partial charge in [0.05, 0.1) is 12.0 Å². The normalized spacial score (nSPS) is 11.8. The minimum absolute atomic E-state index is 0.00643. The first-order valence-corrected chi connectivity index (χ1v) is 9.31. The average Bonchev–Trinajstić information content (AvgIpc) is 2.61. The van der Waals surface area contributed by atoms with Crippen LogP contribution >= 0.6 is 23.1 Å². The van der Waals surface area contributed by atoms with Gasteiger partial charge in [0.15, 0.2) is 0 Å². The van der Waals surface area contributed by atoms with E-state index in [1.54, 1.807) is 11.3 Å². The summed E-state index contributed by atoms with van der Waals surface area (Å²) in [6, 6.07) is 0. The quantitative estimate of drug-likeness (QED) is 0.674. The number of nitrogens with zero attached hydrogens (tertiary/aromatic N) is 2. The number of hydrogen-bond acceptors (Lipinski definition) is 7. The fourth-order valence-electron chi connectivity index (χ4n) is 1.63. The Bertz CT molecular complexity index is 768. The van der Waals surface area contributed by atoms with Crippen molar-refractivity contribution in [2.45, 2.75) is 18.9 Å². The molecule has 2 heterocycles. The van der Waals surface area contributed by atoms with Gasteiger partial charge in [0, 0.05) is 10.3 Å². The van der Waals surface area contributed by atoms with Gasteiger partial charge in [-0.05, 0) is 19.4 Å². The van der Waals surface area contributed by atoms with Gasteiger partial charge in [-0.2, -0.15) is 0 Å². The van der Waals surface area contributed by atoms with Crippen molar-refractivity contribution >= 4 is 49.2 Å². The zero-order valence-electron chi connectivity index (χ0n) is 11.1. The minimum Gasteiger partial charge on any atom is -0.273 e. The van der Waals surface area contributed by atoms with E-state index in [-0.39, 0.29) is 5.75 Å². The van der Waals surface area contributed by atoms with E-state index in [0.717, 1.165) is 26.9 Å². The van der Waals surface area contributed by atoms with Gasteiger partial charge in [-0.15, -0.1) is 11.3 Å². The molecule has 0 saturated heterocycles. The smallest absolute Gasteiger partial charge is 0.243 e. The van der Waals surface area contributed by atoms with Crippen LogP contribution in [0.5, 0.6) is 0 Å². The summed E-state index contributed by atoms with van der Waals surface area (Å²) < 4.78 is 23.8. The molecule has 0 unspecified atom stereocenters. The Kier molecular flexibility index (Phi) is 4.31. The molecule has 0 aliphatic carbocycles. The fraction of sp³-hybridized carbons (Fsp3) is 0.364. The number of aryl methyl sites for hydroxylation is 2. The number of hydrogen-bond donors (Lipinski definition) is 1. The van der Waals surface area contributed by atoms with Crippen LogP contribution in [0.15, 0.2) is 11.4 Å². The lowest BCUT2D eigenvalue weighted by Gasteiger charge is -2.04. The summed E-state index contributed by atoms with van der Waals surface area (Å²) in [7, 11) is -3.52. The summed E-state index contributed by atoms with van der Waals surface area (Å²) in [5.74, 6) is -0.568. The zero-order chi connectivity index (χ0) is 14.9. The molecule has 6 nitrogen and oxygen atoms in total.